The van der Waals surface area contributed by atoms with E-state index in [9.17, 15) is 0 Å². The second-order valence-electron chi connectivity index (χ2n) is 13.2. The van der Waals surface area contributed by atoms with Gasteiger partial charge in [-0.05, 0) is 30.3 Å². The molecule has 236 valence electrons. The van der Waals surface area contributed by atoms with Crippen LogP contribution in [0.1, 0.15) is 0 Å². The molecule has 11 aromatic rings. The molecule has 0 N–H and O–H groups in total. The SMILES string of the molecule is c1ccc(-c2nc(-c3ccccc3)nc(-c3ccc(N4c5cccc6c7cccc8c9cccc4c9n(c56)c78)c4oc5ccccc5c34)n2)cc1. The molecule has 51 heavy (non-hydrogen) atoms. The molecule has 5 heterocycles. The Morgan fingerprint density at radius 2 is 0.902 bits per heavy atom. The van der Waals surface area contributed by atoms with E-state index in [1.807, 2.05) is 72.8 Å². The van der Waals surface area contributed by atoms with Gasteiger partial charge in [0.2, 0.25) is 0 Å². The van der Waals surface area contributed by atoms with E-state index in [2.05, 4.69) is 88.2 Å². The summed E-state index contributed by atoms with van der Waals surface area (Å²) in [5.74, 6) is 1.84. The van der Waals surface area contributed by atoms with Crippen LogP contribution in [0.2, 0.25) is 0 Å². The van der Waals surface area contributed by atoms with Crippen LogP contribution < -0.4 is 4.90 Å². The van der Waals surface area contributed by atoms with E-state index >= 15 is 0 Å². The zero-order valence-corrected chi connectivity index (χ0v) is 27.1. The maximum Gasteiger partial charge on any atom is 0.164 e. The van der Waals surface area contributed by atoms with Crippen molar-refractivity contribution < 1.29 is 4.42 Å². The number of benzene rings is 7. The second kappa shape index (κ2) is 9.77. The van der Waals surface area contributed by atoms with Gasteiger partial charge in [-0.3, -0.25) is 0 Å². The number of para-hydroxylation sites is 4. The molecule has 1 aliphatic rings. The van der Waals surface area contributed by atoms with Crippen LogP contribution in [-0.2, 0) is 0 Å². The summed E-state index contributed by atoms with van der Waals surface area (Å²) in [6.45, 7) is 0. The maximum atomic E-state index is 6.89. The first-order valence-corrected chi connectivity index (χ1v) is 17.1. The van der Waals surface area contributed by atoms with Gasteiger partial charge in [0, 0.05) is 49.0 Å². The van der Waals surface area contributed by atoms with Crippen molar-refractivity contribution in [3.63, 3.8) is 0 Å². The van der Waals surface area contributed by atoms with E-state index in [4.69, 9.17) is 19.4 Å². The largest absolute Gasteiger partial charge is 0.454 e. The molecule has 0 radical (unpaired) electrons. The van der Waals surface area contributed by atoms with Crippen molar-refractivity contribution in [2.24, 2.45) is 0 Å². The van der Waals surface area contributed by atoms with Crippen molar-refractivity contribution in [1.82, 2.24) is 19.4 Å². The van der Waals surface area contributed by atoms with Gasteiger partial charge in [-0.25, -0.2) is 15.0 Å². The highest BCUT2D eigenvalue weighted by Crippen LogP contribution is 2.54. The van der Waals surface area contributed by atoms with Crippen molar-refractivity contribution in [3.05, 3.63) is 152 Å². The Balaban J connectivity index is 1.17. The van der Waals surface area contributed by atoms with Crippen molar-refractivity contribution >= 4 is 77.1 Å². The molecule has 0 amide bonds. The standard InChI is InChI=1S/C45H25N5O/c1-3-12-26(13-4-1)43-46-44(27-14-5-2-6-15-27)48-45(47-43)33-24-25-36(42-38(33)32-16-7-8-23-37(32)51-42)49-34-21-10-19-30-28-17-9-18-29-31-20-11-22-35(49)41(31)50(39(28)29)40(30)34/h1-25H. The van der Waals surface area contributed by atoms with E-state index in [1.54, 1.807) is 0 Å². The molecule has 0 saturated carbocycles. The summed E-state index contributed by atoms with van der Waals surface area (Å²) in [6.07, 6.45) is 0. The summed E-state index contributed by atoms with van der Waals surface area (Å²) in [5, 5.41) is 7.03. The first-order valence-electron chi connectivity index (χ1n) is 17.1. The zero-order chi connectivity index (χ0) is 33.2. The Labute approximate surface area is 290 Å². The Bertz CT molecular complexity index is 3050. The lowest BCUT2D eigenvalue weighted by molar-refractivity contribution is 0.669. The molecule has 6 nitrogen and oxygen atoms in total. The lowest BCUT2D eigenvalue weighted by Gasteiger charge is -2.30. The van der Waals surface area contributed by atoms with Crippen molar-refractivity contribution in [3.8, 4) is 34.2 Å². The lowest BCUT2D eigenvalue weighted by Crippen LogP contribution is -2.15. The third-order valence-electron chi connectivity index (χ3n) is 10.5. The highest BCUT2D eigenvalue weighted by atomic mass is 16.3. The average Bonchev–Trinajstić information content (AvgIpc) is 3.87. The monoisotopic (exact) mass is 651 g/mol. The van der Waals surface area contributed by atoms with E-state index in [0.717, 1.165) is 55.7 Å². The van der Waals surface area contributed by atoms with E-state index in [-0.39, 0.29) is 0 Å². The van der Waals surface area contributed by atoms with E-state index in [0.29, 0.717) is 17.5 Å². The molecule has 0 aliphatic carbocycles. The van der Waals surface area contributed by atoms with Gasteiger partial charge in [0.25, 0.3) is 0 Å². The third kappa shape index (κ3) is 3.52. The fourth-order valence-electron chi connectivity index (χ4n) is 8.38. The molecule has 0 spiro atoms. The van der Waals surface area contributed by atoms with Crippen LogP contribution in [0.25, 0.3) is 94.2 Å². The minimum absolute atomic E-state index is 0.596. The van der Waals surface area contributed by atoms with Crippen LogP contribution >= 0.6 is 0 Å². The Morgan fingerprint density at radius 1 is 0.392 bits per heavy atom. The van der Waals surface area contributed by atoms with Crippen LogP contribution in [0, 0.1) is 0 Å². The second-order valence-corrected chi connectivity index (χ2v) is 13.2. The number of hydrogen-bond acceptors (Lipinski definition) is 5. The van der Waals surface area contributed by atoms with Gasteiger partial charge in [0.05, 0.1) is 33.6 Å². The highest BCUT2D eigenvalue weighted by Gasteiger charge is 2.32. The van der Waals surface area contributed by atoms with Crippen LogP contribution in [0.5, 0.6) is 0 Å². The Morgan fingerprint density at radius 3 is 1.53 bits per heavy atom. The summed E-state index contributed by atoms with van der Waals surface area (Å²) >= 11 is 0. The number of aromatic nitrogens is 4. The molecule has 0 unspecified atom stereocenters. The van der Waals surface area contributed by atoms with Gasteiger partial charge < -0.3 is 13.7 Å². The van der Waals surface area contributed by atoms with Crippen molar-refractivity contribution in [2.75, 3.05) is 4.90 Å². The van der Waals surface area contributed by atoms with Crippen LogP contribution in [0.3, 0.4) is 0 Å². The molecule has 12 rings (SSSR count). The maximum absolute atomic E-state index is 6.89. The van der Waals surface area contributed by atoms with Crippen LogP contribution in [-0.4, -0.2) is 19.4 Å². The van der Waals surface area contributed by atoms with Gasteiger partial charge in [-0.15, -0.1) is 0 Å². The molecule has 0 atom stereocenters. The molecule has 7 aromatic carbocycles. The first-order chi connectivity index (χ1) is 25.3. The summed E-state index contributed by atoms with van der Waals surface area (Å²) < 4.78 is 9.36. The number of nitrogens with zero attached hydrogens (tertiary/aromatic N) is 5. The summed E-state index contributed by atoms with van der Waals surface area (Å²) in [6, 6.07) is 52.7. The minimum Gasteiger partial charge on any atom is -0.454 e. The third-order valence-corrected chi connectivity index (χ3v) is 10.5. The highest BCUT2D eigenvalue weighted by molar-refractivity contribution is 6.29. The molecule has 6 heteroatoms. The summed E-state index contributed by atoms with van der Waals surface area (Å²) in [5.41, 5.74) is 11.3. The van der Waals surface area contributed by atoms with Crippen LogP contribution in [0.4, 0.5) is 17.1 Å². The molecular formula is C45H25N5O. The number of hydrogen-bond donors (Lipinski definition) is 0. The van der Waals surface area contributed by atoms with E-state index in [1.165, 1.54) is 38.1 Å². The van der Waals surface area contributed by atoms with Crippen LogP contribution in [0.15, 0.2) is 156 Å². The lowest BCUT2D eigenvalue weighted by atomic mass is 10.0. The van der Waals surface area contributed by atoms with Gasteiger partial charge in [0.1, 0.15) is 5.58 Å². The number of fused-ring (bicyclic) bond motifs is 5. The predicted octanol–water partition coefficient (Wildman–Crippen LogP) is 11.7. The molecule has 0 bridgehead atoms. The van der Waals surface area contributed by atoms with Gasteiger partial charge in [-0.2, -0.15) is 0 Å². The number of anilines is 3. The molecule has 0 fully saturated rings. The minimum atomic E-state index is 0.596. The fourth-order valence-corrected chi connectivity index (χ4v) is 8.38. The first kappa shape index (κ1) is 26.9. The summed E-state index contributed by atoms with van der Waals surface area (Å²) in [4.78, 5) is 17.6. The topological polar surface area (TPSA) is 59.5 Å². The molecule has 1 aliphatic heterocycles. The zero-order valence-electron chi connectivity index (χ0n) is 27.1. The van der Waals surface area contributed by atoms with E-state index < -0.39 is 0 Å². The molecule has 0 saturated heterocycles. The number of rotatable bonds is 4. The van der Waals surface area contributed by atoms with Gasteiger partial charge >= 0.3 is 0 Å². The average molecular weight is 652 g/mol. The number of furan rings is 1. The normalized spacial score (nSPS) is 12.7. The molecular weight excluding hydrogens is 627 g/mol. The Kier molecular flexibility index (Phi) is 5.14. The summed E-state index contributed by atoms with van der Waals surface area (Å²) in [7, 11) is 0. The van der Waals surface area contributed by atoms with Gasteiger partial charge in [0.15, 0.2) is 23.1 Å². The quantitative estimate of drug-likeness (QED) is 0.189. The van der Waals surface area contributed by atoms with Gasteiger partial charge in [-0.1, -0.05) is 121 Å². The molecule has 4 aromatic heterocycles. The van der Waals surface area contributed by atoms with Crippen molar-refractivity contribution in [1.29, 1.82) is 0 Å². The van der Waals surface area contributed by atoms with Crippen molar-refractivity contribution in [2.45, 2.75) is 0 Å². The fraction of sp³-hybridized carbons (Fsp3) is 0. The smallest absolute Gasteiger partial charge is 0.164 e. The Hall–Kier alpha value is -7.05. The predicted molar refractivity (Wildman–Crippen MR) is 206 cm³/mol.